The fraction of sp³-hybridized carbons (Fsp3) is 0.667. The summed E-state index contributed by atoms with van der Waals surface area (Å²) in [4.78, 5) is 2.56. The predicted molar refractivity (Wildman–Crippen MR) is 104 cm³/mol. The van der Waals surface area contributed by atoms with Crippen molar-refractivity contribution in [2.45, 2.75) is 54.9 Å². The van der Waals surface area contributed by atoms with Gasteiger partial charge in [-0.2, -0.15) is 0 Å². The molecule has 3 rings (SSSR count). The lowest BCUT2D eigenvalue weighted by Crippen LogP contribution is -2.36. The topological polar surface area (TPSA) is 95.6 Å². The molecule has 1 heterocycles. The molecule has 27 heavy (non-hydrogen) atoms. The summed E-state index contributed by atoms with van der Waals surface area (Å²) in [5.74, 6) is 0.708. The van der Waals surface area contributed by atoms with Crippen molar-refractivity contribution in [1.82, 2.24) is 14.3 Å². The lowest BCUT2D eigenvalue weighted by atomic mass is 10.0. The minimum atomic E-state index is -3.63. The van der Waals surface area contributed by atoms with Gasteiger partial charge in [-0.1, -0.05) is 6.92 Å². The summed E-state index contributed by atoms with van der Waals surface area (Å²) in [6.07, 6.45) is 4.93. The van der Waals surface area contributed by atoms with Crippen LogP contribution in [-0.2, 0) is 20.0 Å². The Balaban J connectivity index is 1.50. The zero-order valence-corrected chi connectivity index (χ0v) is 17.4. The van der Waals surface area contributed by atoms with Gasteiger partial charge in [-0.15, -0.1) is 0 Å². The van der Waals surface area contributed by atoms with Crippen LogP contribution >= 0.6 is 0 Å². The van der Waals surface area contributed by atoms with Gasteiger partial charge in [-0.25, -0.2) is 26.3 Å². The first kappa shape index (κ1) is 20.7. The van der Waals surface area contributed by atoms with Crippen molar-refractivity contribution in [1.29, 1.82) is 0 Å². The molecule has 9 heteroatoms. The highest BCUT2D eigenvalue weighted by Gasteiger charge is 2.28. The molecule has 0 spiro atoms. The van der Waals surface area contributed by atoms with Gasteiger partial charge in [0.25, 0.3) is 0 Å². The van der Waals surface area contributed by atoms with E-state index in [9.17, 15) is 16.8 Å². The van der Waals surface area contributed by atoms with E-state index in [0.717, 1.165) is 38.9 Å². The Morgan fingerprint density at radius 3 is 2.22 bits per heavy atom. The second-order valence-corrected chi connectivity index (χ2v) is 11.1. The van der Waals surface area contributed by atoms with Crippen LogP contribution in [0.15, 0.2) is 34.1 Å². The monoisotopic (exact) mass is 415 g/mol. The van der Waals surface area contributed by atoms with Crippen LogP contribution in [0.3, 0.4) is 0 Å². The first-order valence-electron chi connectivity index (χ1n) is 9.61. The van der Waals surface area contributed by atoms with E-state index in [1.807, 2.05) is 0 Å². The zero-order valence-electron chi connectivity index (χ0n) is 15.7. The summed E-state index contributed by atoms with van der Waals surface area (Å²) in [6.45, 7) is 5.67. The number of piperidine rings is 1. The molecule has 0 amide bonds. The highest BCUT2D eigenvalue weighted by atomic mass is 32.2. The normalized spacial score (nSPS) is 22.0. The van der Waals surface area contributed by atoms with Crippen molar-refractivity contribution in [3.63, 3.8) is 0 Å². The molecule has 1 aromatic carbocycles. The number of sulfonamides is 2. The quantitative estimate of drug-likeness (QED) is 0.597. The number of nitrogens with one attached hydrogen (secondary N) is 2. The van der Waals surface area contributed by atoms with Crippen LogP contribution in [0.4, 0.5) is 0 Å². The van der Waals surface area contributed by atoms with Crippen LogP contribution in [0.25, 0.3) is 0 Å². The molecule has 1 saturated carbocycles. The van der Waals surface area contributed by atoms with Gasteiger partial charge in [0.2, 0.25) is 20.0 Å². The Labute approximate surface area is 162 Å². The van der Waals surface area contributed by atoms with E-state index in [0.29, 0.717) is 12.5 Å². The lowest BCUT2D eigenvalue weighted by Gasteiger charge is -2.30. The Kier molecular flexibility index (Phi) is 6.58. The molecule has 7 nitrogen and oxygen atoms in total. The molecular weight excluding hydrogens is 386 g/mol. The summed E-state index contributed by atoms with van der Waals surface area (Å²) in [7, 11) is -7.20. The average Bonchev–Trinajstić information content (AvgIpc) is 3.42. The van der Waals surface area contributed by atoms with Crippen LogP contribution in [0.2, 0.25) is 0 Å². The van der Waals surface area contributed by atoms with Crippen molar-refractivity contribution in [2.24, 2.45) is 5.92 Å². The average molecular weight is 416 g/mol. The molecule has 2 N–H and O–H groups in total. The first-order valence-corrected chi connectivity index (χ1v) is 12.6. The fourth-order valence-electron chi connectivity index (χ4n) is 3.37. The predicted octanol–water partition coefficient (Wildman–Crippen LogP) is 1.53. The molecule has 0 aromatic heterocycles. The standard InChI is InChI=1S/C18H29N3O4S2/c1-15-4-2-12-21(14-15)13-3-11-19-26(22,23)17-7-9-18(10-8-17)27(24,25)20-16-5-6-16/h7-10,15-16,19-20H,2-6,11-14H2,1H3. The van der Waals surface area contributed by atoms with Gasteiger partial charge in [0.15, 0.2) is 0 Å². The minimum absolute atomic E-state index is 0.0166. The third kappa shape index (κ3) is 5.99. The highest BCUT2D eigenvalue weighted by molar-refractivity contribution is 7.90. The van der Waals surface area contributed by atoms with Crippen molar-refractivity contribution in [2.75, 3.05) is 26.2 Å². The Morgan fingerprint density at radius 2 is 1.63 bits per heavy atom. The number of rotatable bonds is 9. The van der Waals surface area contributed by atoms with E-state index in [1.54, 1.807) is 0 Å². The highest BCUT2D eigenvalue weighted by Crippen LogP contribution is 2.22. The Bertz CT molecular complexity index is 834. The van der Waals surface area contributed by atoms with Crippen molar-refractivity contribution >= 4 is 20.0 Å². The first-order chi connectivity index (χ1) is 12.8. The van der Waals surface area contributed by atoms with E-state index in [-0.39, 0.29) is 15.8 Å². The summed E-state index contributed by atoms with van der Waals surface area (Å²) >= 11 is 0. The minimum Gasteiger partial charge on any atom is -0.303 e. The van der Waals surface area contributed by atoms with Gasteiger partial charge in [0.05, 0.1) is 9.79 Å². The van der Waals surface area contributed by atoms with E-state index in [2.05, 4.69) is 21.3 Å². The van der Waals surface area contributed by atoms with Crippen LogP contribution in [0.5, 0.6) is 0 Å². The van der Waals surface area contributed by atoms with Gasteiger partial charge in [-0.3, -0.25) is 0 Å². The summed E-state index contributed by atoms with van der Waals surface area (Å²) in [6, 6.07) is 5.39. The molecule has 1 aromatic rings. The maximum atomic E-state index is 12.4. The second kappa shape index (κ2) is 8.57. The molecule has 1 aliphatic heterocycles. The van der Waals surface area contributed by atoms with E-state index >= 15 is 0 Å². The van der Waals surface area contributed by atoms with Crippen molar-refractivity contribution in [3.8, 4) is 0 Å². The van der Waals surface area contributed by atoms with E-state index in [1.165, 1.54) is 37.1 Å². The molecule has 1 unspecified atom stereocenters. The molecule has 0 radical (unpaired) electrons. The molecule has 1 aliphatic carbocycles. The second-order valence-electron chi connectivity index (χ2n) is 7.67. The number of benzene rings is 1. The van der Waals surface area contributed by atoms with Gasteiger partial charge in [0, 0.05) is 19.1 Å². The summed E-state index contributed by atoms with van der Waals surface area (Å²) < 4.78 is 54.3. The molecule has 2 aliphatic rings. The third-order valence-corrected chi connectivity index (χ3v) is 8.04. The van der Waals surface area contributed by atoms with Gasteiger partial charge >= 0.3 is 0 Å². The number of hydrogen-bond donors (Lipinski definition) is 2. The van der Waals surface area contributed by atoms with Crippen LogP contribution < -0.4 is 9.44 Å². The molecule has 0 bridgehead atoms. The zero-order chi connectivity index (χ0) is 19.5. The van der Waals surface area contributed by atoms with Crippen LogP contribution in [0.1, 0.15) is 39.0 Å². The number of nitrogens with zero attached hydrogens (tertiary/aromatic N) is 1. The maximum absolute atomic E-state index is 12.4. The Morgan fingerprint density at radius 1 is 1.00 bits per heavy atom. The third-order valence-electron chi connectivity index (χ3n) is 5.03. The maximum Gasteiger partial charge on any atom is 0.240 e. The summed E-state index contributed by atoms with van der Waals surface area (Å²) in [5.41, 5.74) is 0. The molecule has 2 fully saturated rings. The molecule has 1 saturated heterocycles. The van der Waals surface area contributed by atoms with Gasteiger partial charge in [0.1, 0.15) is 0 Å². The van der Waals surface area contributed by atoms with Crippen LogP contribution in [-0.4, -0.2) is 54.0 Å². The Hall–Kier alpha value is -1.00. The number of hydrogen-bond acceptors (Lipinski definition) is 5. The van der Waals surface area contributed by atoms with Crippen LogP contribution in [0, 0.1) is 5.92 Å². The fourth-order valence-corrected chi connectivity index (χ4v) is 5.75. The van der Waals surface area contributed by atoms with Gasteiger partial charge < -0.3 is 4.90 Å². The smallest absolute Gasteiger partial charge is 0.240 e. The largest absolute Gasteiger partial charge is 0.303 e. The molecular formula is C18H29N3O4S2. The summed E-state index contributed by atoms with van der Waals surface area (Å²) in [5, 5.41) is 0. The van der Waals surface area contributed by atoms with Crippen molar-refractivity contribution in [3.05, 3.63) is 24.3 Å². The molecule has 1 atom stereocenters. The lowest BCUT2D eigenvalue weighted by molar-refractivity contribution is 0.182. The van der Waals surface area contributed by atoms with E-state index < -0.39 is 20.0 Å². The molecule has 152 valence electrons. The van der Waals surface area contributed by atoms with Crippen molar-refractivity contribution < 1.29 is 16.8 Å². The van der Waals surface area contributed by atoms with Gasteiger partial charge in [-0.05, 0) is 75.4 Å². The number of likely N-dealkylation sites (tertiary alicyclic amines) is 1. The van der Waals surface area contributed by atoms with E-state index in [4.69, 9.17) is 0 Å². The SMILES string of the molecule is CC1CCCN(CCCNS(=O)(=O)c2ccc(S(=O)(=O)NC3CC3)cc2)C1.